The molecule has 2 saturated carbocycles. The van der Waals surface area contributed by atoms with Crippen LogP contribution in [0.2, 0.25) is 0 Å². The zero-order valence-corrected chi connectivity index (χ0v) is 10.3. The lowest BCUT2D eigenvalue weighted by atomic mass is 9.74. The molecule has 2 aliphatic rings. The number of rotatable bonds is 4. The summed E-state index contributed by atoms with van der Waals surface area (Å²) < 4.78 is 0. The third-order valence-electron chi connectivity index (χ3n) is 4.32. The van der Waals surface area contributed by atoms with E-state index in [0.717, 1.165) is 38.5 Å². The van der Waals surface area contributed by atoms with Crippen molar-refractivity contribution in [2.45, 2.75) is 49.7 Å². The summed E-state index contributed by atoms with van der Waals surface area (Å²) in [7, 11) is 3.91. The normalized spacial score (nSPS) is 25.8. The number of amides is 1. The van der Waals surface area contributed by atoms with Gasteiger partial charge in [0.2, 0.25) is 5.91 Å². The van der Waals surface area contributed by atoms with Gasteiger partial charge in [0.1, 0.15) is 0 Å². The molecule has 2 N–H and O–H groups in total. The molecular weight excluding hydrogens is 204 g/mol. The predicted molar refractivity (Wildman–Crippen MR) is 62.1 cm³/mol. The van der Waals surface area contributed by atoms with E-state index < -0.39 is 5.60 Å². The van der Waals surface area contributed by atoms with Gasteiger partial charge in [-0.3, -0.25) is 9.69 Å². The summed E-state index contributed by atoms with van der Waals surface area (Å²) in [5.41, 5.74) is -0.924. The second kappa shape index (κ2) is 4.00. The quantitative estimate of drug-likeness (QED) is 0.734. The van der Waals surface area contributed by atoms with Crippen molar-refractivity contribution >= 4 is 5.91 Å². The molecule has 0 heterocycles. The first-order valence-electron chi connectivity index (χ1n) is 6.17. The summed E-state index contributed by atoms with van der Waals surface area (Å²) in [6.45, 7) is 0.418. The Labute approximate surface area is 97.0 Å². The number of nitrogens with one attached hydrogen (secondary N) is 1. The van der Waals surface area contributed by atoms with Crippen LogP contribution < -0.4 is 5.32 Å². The Morgan fingerprint density at radius 3 is 2.12 bits per heavy atom. The fraction of sp³-hybridized carbons (Fsp3) is 0.917. The molecule has 16 heavy (non-hydrogen) atoms. The van der Waals surface area contributed by atoms with Gasteiger partial charge in [0, 0.05) is 6.54 Å². The second-order valence-electron chi connectivity index (χ2n) is 5.54. The Kier molecular flexibility index (Phi) is 2.97. The average molecular weight is 226 g/mol. The first kappa shape index (κ1) is 11.9. The lowest BCUT2D eigenvalue weighted by Gasteiger charge is -2.46. The van der Waals surface area contributed by atoms with Gasteiger partial charge in [-0.05, 0) is 52.6 Å². The van der Waals surface area contributed by atoms with Gasteiger partial charge in [-0.25, -0.2) is 0 Å². The molecule has 0 radical (unpaired) electrons. The van der Waals surface area contributed by atoms with E-state index in [1.807, 2.05) is 19.0 Å². The van der Waals surface area contributed by atoms with Crippen LogP contribution in [0.15, 0.2) is 0 Å². The van der Waals surface area contributed by atoms with Crippen molar-refractivity contribution in [1.29, 1.82) is 0 Å². The van der Waals surface area contributed by atoms with Crippen LogP contribution in [-0.2, 0) is 4.79 Å². The molecule has 0 spiro atoms. The summed E-state index contributed by atoms with van der Waals surface area (Å²) in [4.78, 5) is 14.1. The van der Waals surface area contributed by atoms with Gasteiger partial charge in [-0.1, -0.05) is 0 Å². The fourth-order valence-corrected chi connectivity index (χ4v) is 2.56. The number of nitrogens with zero attached hydrogens (tertiary/aromatic N) is 1. The third-order valence-corrected chi connectivity index (χ3v) is 4.32. The molecule has 0 atom stereocenters. The molecule has 0 aromatic rings. The highest BCUT2D eigenvalue weighted by Gasteiger charge is 2.46. The third kappa shape index (κ3) is 1.84. The first-order valence-corrected chi connectivity index (χ1v) is 6.17. The van der Waals surface area contributed by atoms with E-state index in [9.17, 15) is 9.90 Å². The molecule has 2 rings (SSSR count). The van der Waals surface area contributed by atoms with Crippen LogP contribution >= 0.6 is 0 Å². The Bertz CT molecular complexity index is 281. The van der Waals surface area contributed by atoms with Crippen molar-refractivity contribution in [2.75, 3.05) is 20.6 Å². The molecule has 4 nitrogen and oxygen atoms in total. The summed E-state index contributed by atoms with van der Waals surface area (Å²) in [6, 6.07) is 0. The summed E-state index contributed by atoms with van der Waals surface area (Å²) in [6.07, 6.45) is 5.71. The fourth-order valence-electron chi connectivity index (χ4n) is 2.56. The zero-order chi connectivity index (χ0) is 11.8. The SMILES string of the molecule is CN(C)C1(C(=O)NCC2(O)CCC2)CCC1. The van der Waals surface area contributed by atoms with Gasteiger partial charge in [-0.2, -0.15) is 0 Å². The molecule has 0 saturated heterocycles. The molecule has 2 aliphatic carbocycles. The Morgan fingerprint density at radius 2 is 1.81 bits per heavy atom. The van der Waals surface area contributed by atoms with E-state index in [-0.39, 0.29) is 11.4 Å². The largest absolute Gasteiger partial charge is 0.388 e. The highest BCUT2D eigenvalue weighted by atomic mass is 16.3. The summed E-state index contributed by atoms with van der Waals surface area (Å²) in [5.74, 6) is 0.0871. The van der Waals surface area contributed by atoms with E-state index in [1.165, 1.54) is 0 Å². The molecule has 0 unspecified atom stereocenters. The molecule has 4 heteroatoms. The molecule has 0 aliphatic heterocycles. The average Bonchev–Trinajstić information content (AvgIpc) is 2.09. The topological polar surface area (TPSA) is 52.6 Å². The maximum atomic E-state index is 12.1. The molecule has 92 valence electrons. The van der Waals surface area contributed by atoms with Gasteiger partial charge >= 0.3 is 0 Å². The predicted octanol–water partition coefficient (Wildman–Crippen LogP) is 0.502. The lowest BCUT2D eigenvalue weighted by Crippen LogP contribution is -2.62. The lowest BCUT2D eigenvalue weighted by molar-refractivity contribution is -0.139. The van der Waals surface area contributed by atoms with Crippen LogP contribution in [0.1, 0.15) is 38.5 Å². The standard InChI is InChI=1S/C12H22N2O2/c1-14(2)12(7-4-8-12)10(15)13-9-11(16)5-3-6-11/h16H,3-9H2,1-2H3,(H,13,15). The van der Waals surface area contributed by atoms with Crippen LogP contribution in [0.25, 0.3) is 0 Å². The Hall–Kier alpha value is -0.610. The van der Waals surface area contributed by atoms with E-state index >= 15 is 0 Å². The van der Waals surface area contributed by atoms with Gasteiger partial charge in [0.25, 0.3) is 0 Å². The molecule has 0 aromatic carbocycles. The maximum absolute atomic E-state index is 12.1. The van der Waals surface area contributed by atoms with Gasteiger partial charge < -0.3 is 10.4 Å². The Balaban J connectivity index is 1.87. The van der Waals surface area contributed by atoms with E-state index in [4.69, 9.17) is 0 Å². The molecule has 0 bridgehead atoms. The Morgan fingerprint density at radius 1 is 1.25 bits per heavy atom. The highest BCUT2D eigenvalue weighted by Crippen LogP contribution is 2.37. The number of hydrogen-bond donors (Lipinski definition) is 2. The minimum absolute atomic E-state index is 0.0871. The molecule has 1 amide bonds. The number of carbonyl (C=O) groups is 1. The minimum atomic E-state index is -0.618. The van der Waals surface area contributed by atoms with Crippen molar-refractivity contribution in [3.8, 4) is 0 Å². The van der Waals surface area contributed by atoms with Crippen molar-refractivity contribution in [1.82, 2.24) is 10.2 Å². The first-order chi connectivity index (χ1) is 7.49. The number of carbonyl (C=O) groups excluding carboxylic acids is 1. The van der Waals surface area contributed by atoms with Crippen LogP contribution in [0.5, 0.6) is 0 Å². The molecular formula is C12H22N2O2. The van der Waals surface area contributed by atoms with E-state index in [2.05, 4.69) is 5.32 Å². The smallest absolute Gasteiger partial charge is 0.240 e. The maximum Gasteiger partial charge on any atom is 0.240 e. The summed E-state index contributed by atoms with van der Waals surface area (Å²) in [5, 5.41) is 12.8. The number of hydrogen-bond acceptors (Lipinski definition) is 3. The summed E-state index contributed by atoms with van der Waals surface area (Å²) >= 11 is 0. The van der Waals surface area contributed by atoms with Crippen molar-refractivity contribution in [2.24, 2.45) is 0 Å². The van der Waals surface area contributed by atoms with Crippen LogP contribution in [0, 0.1) is 0 Å². The van der Waals surface area contributed by atoms with Crippen molar-refractivity contribution in [3.05, 3.63) is 0 Å². The van der Waals surface area contributed by atoms with Crippen molar-refractivity contribution in [3.63, 3.8) is 0 Å². The van der Waals surface area contributed by atoms with Crippen molar-refractivity contribution < 1.29 is 9.90 Å². The molecule has 2 fully saturated rings. The molecule has 0 aromatic heterocycles. The zero-order valence-electron chi connectivity index (χ0n) is 10.3. The minimum Gasteiger partial charge on any atom is -0.388 e. The number of aliphatic hydroxyl groups is 1. The van der Waals surface area contributed by atoms with E-state index in [0.29, 0.717) is 6.54 Å². The van der Waals surface area contributed by atoms with Crippen LogP contribution in [-0.4, -0.2) is 47.7 Å². The van der Waals surface area contributed by atoms with Gasteiger partial charge in [-0.15, -0.1) is 0 Å². The van der Waals surface area contributed by atoms with Gasteiger partial charge in [0.05, 0.1) is 11.1 Å². The van der Waals surface area contributed by atoms with Crippen LogP contribution in [0.4, 0.5) is 0 Å². The monoisotopic (exact) mass is 226 g/mol. The highest BCUT2D eigenvalue weighted by molar-refractivity contribution is 5.87. The van der Waals surface area contributed by atoms with Crippen LogP contribution in [0.3, 0.4) is 0 Å². The van der Waals surface area contributed by atoms with Gasteiger partial charge in [0.15, 0.2) is 0 Å². The second-order valence-corrected chi connectivity index (χ2v) is 5.54. The number of likely N-dealkylation sites (N-methyl/N-ethyl adjacent to an activating group) is 1. The van der Waals surface area contributed by atoms with E-state index in [1.54, 1.807) is 0 Å².